The zero-order valence-corrected chi connectivity index (χ0v) is 9.95. The van der Waals surface area contributed by atoms with Gasteiger partial charge in [-0.05, 0) is 37.3 Å². The third-order valence-electron chi connectivity index (χ3n) is 4.04. The van der Waals surface area contributed by atoms with Gasteiger partial charge in [0.15, 0.2) is 0 Å². The van der Waals surface area contributed by atoms with Gasteiger partial charge in [-0.3, -0.25) is 0 Å². The molecule has 1 aliphatic carbocycles. The molecular weight excluding hydrogens is 219 g/mol. The lowest BCUT2D eigenvalue weighted by Gasteiger charge is -2.38. The fourth-order valence-electron chi connectivity index (χ4n) is 3.24. The van der Waals surface area contributed by atoms with E-state index in [-0.39, 0.29) is 11.4 Å². The molecule has 1 spiro atoms. The Morgan fingerprint density at radius 2 is 2.24 bits per heavy atom. The van der Waals surface area contributed by atoms with Crippen LogP contribution in [0.1, 0.15) is 44.3 Å². The predicted molar refractivity (Wildman–Crippen MR) is 62.4 cm³/mol. The summed E-state index contributed by atoms with van der Waals surface area (Å²) in [6.45, 7) is 2.20. The Morgan fingerprint density at radius 3 is 2.94 bits per heavy atom. The van der Waals surface area contributed by atoms with Crippen LogP contribution in [0.5, 0.6) is 5.75 Å². The Kier molecular flexibility index (Phi) is 2.40. The van der Waals surface area contributed by atoms with Gasteiger partial charge in [0.2, 0.25) is 0 Å². The molecule has 17 heavy (non-hydrogen) atoms. The number of hydrogen-bond acceptors (Lipinski definition) is 2. The first-order valence-electron chi connectivity index (χ1n) is 6.24. The largest absolute Gasteiger partial charge is 0.487 e. The van der Waals surface area contributed by atoms with E-state index in [9.17, 15) is 9.50 Å². The molecular formula is C14H17FO2. The third kappa shape index (κ3) is 1.82. The number of aliphatic hydroxyl groups is 1. The van der Waals surface area contributed by atoms with Crippen molar-refractivity contribution in [1.82, 2.24) is 0 Å². The van der Waals surface area contributed by atoms with Gasteiger partial charge in [0, 0.05) is 18.1 Å². The van der Waals surface area contributed by atoms with Gasteiger partial charge in [-0.15, -0.1) is 0 Å². The minimum Gasteiger partial charge on any atom is -0.487 e. The lowest BCUT2D eigenvalue weighted by Crippen LogP contribution is -2.38. The molecule has 1 aromatic carbocycles. The second-order valence-corrected chi connectivity index (χ2v) is 5.54. The highest BCUT2D eigenvalue weighted by Gasteiger charge is 2.45. The summed E-state index contributed by atoms with van der Waals surface area (Å²) in [6, 6.07) is 4.39. The van der Waals surface area contributed by atoms with Crippen LogP contribution in [-0.4, -0.2) is 10.7 Å². The van der Waals surface area contributed by atoms with Crippen LogP contribution >= 0.6 is 0 Å². The van der Waals surface area contributed by atoms with E-state index in [0.717, 1.165) is 24.8 Å². The van der Waals surface area contributed by atoms with E-state index in [2.05, 4.69) is 6.92 Å². The van der Waals surface area contributed by atoms with Crippen molar-refractivity contribution in [2.45, 2.75) is 44.3 Å². The summed E-state index contributed by atoms with van der Waals surface area (Å²) in [4.78, 5) is 0. The van der Waals surface area contributed by atoms with E-state index in [1.807, 2.05) is 0 Å². The second kappa shape index (κ2) is 3.70. The first-order chi connectivity index (χ1) is 8.08. The van der Waals surface area contributed by atoms with Crippen LogP contribution < -0.4 is 4.74 Å². The monoisotopic (exact) mass is 236 g/mol. The fraction of sp³-hybridized carbons (Fsp3) is 0.571. The number of aliphatic hydroxyl groups excluding tert-OH is 1. The highest BCUT2D eigenvalue weighted by Crippen LogP contribution is 2.48. The molecule has 0 radical (unpaired) electrons. The number of halogens is 1. The molecule has 2 nitrogen and oxygen atoms in total. The lowest BCUT2D eigenvalue weighted by atomic mass is 9.87. The normalized spacial score (nSPS) is 35.7. The zero-order valence-electron chi connectivity index (χ0n) is 9.95. The third-order valence-corrected chi connectivity index (χ3v) is 4.04. The van der Waals surface area contributed by atoms with Crippen molar-refractivity contribution in [2.75, 3.05) is 0 Å². The molecule has 1 heterocycles. The van der Waals surface area contributed by atoms with Crippen molar-refractivity contribution in [3.63, 3.8) is 0 Å². The Hall–Kier alpha value is -1.09. The topological polar surface area (TPSA) is 29.5 Å². The molecule has 0 saturated heterocycles. The zero-order chi connectivity index (χ0) is 12.0. The molecule has 1 saturated carbocycles. The minimum absolute atomic E-state index is 0.264. The Bertz CT molecular complexity index is 446. The SMILES string of the molecule is CC1CCC2(C1)C[C@@H](O)c1ccc(F)cc1O2. The van der Waals surface area contributed by atoms with Gasteiger partial charge in [-0.25, -0.2) is 4.39 Å². The number of fused-ring (bicyclic) bond motifs is 1. The Labute approximate surface area is 100 Å². The van der Waals surface area contributed by atoms with E-state index in [4.69, 9.17) is 4.74 Å². The summed E-state index contributed by atoms with van der Waals surface area (Å²) in [5.74, 6) is 0.842. The standard InChI is InChI=1S/C14H17FO2/c1-9-4-5-14(7-9)8-12(16)11-3-2-10(15)6-13(11)17-14/h2-3,6,9,12,16H,4-5,7-8H2,1H3/t9?,12-,14?/m1/s1. The molecule has 1 aromatic rings. The van der Waals surface area contributed by atoms with Crippen LogP contribution in [0.3, 0.4) is 0 Å². The fourth-order valence-corrected chi connectivity index (χ4v) is 3.24. The van der Waals surface area contributed by atoms with Crippen molar-refractivity contribution in [3.05, 3.63) is 29.6 Å². The molecule has 1 fully saturated rings. The van der Waals surface area contributed by atoms with Crippen LogP contribution in [0.15, 0.2) is 18.2 Å². The molecule has 1 N–H and O–H groups in total. The van der Waals surface area contributed by atoms with E-state index >= 15 is 0 Å². The second-order valence-electron chi connectivity index (χ2n) is 5.54. The molecule has 1 aliphatic heterocycles. The molecule has 2 unspecified atom stereocenters. The number of rotatable bonds is 0. The van der Waals surface area contributed by atoms with Gasteiger partial charge < -0.3 is 9.84 Å². The summed E-state index contributed by atoms with van der Waals surface area (Å²) in [5.41, 5.74) is 0.455. The van der Waals surface area contributed by atoms with Gasteiger partial charge in [0.1, 0.15) is 17.2 Å². The Balaban J connectivity index is 1.97. The summed E-state index contributed by atoms with van der Waals surface area (Å²) in [7, 11) is 0. The molecule has 3 atom stereocenters. The first kappa shape index (κ1) is 11.0. The smallest absolute Gasteiger partial charge is 0.128 e. The van der Waals surface area contributed by atoms with Gasteiger partial charge >= 0.3 is 0 Å². The van der Waals surface area contributed by atoms with Crippen LogP contribution in [0.25, 0.3) is 0 Å². The van der Waals surface area contributed by atoms with Gasteiger partial charge in [0.05, 0.1) is 6.10 Å². The quantitative estimate of drug-likeness (QED) is 0.749. The molecule has 0 bridgehead atoms. The lowest BCUT2D eigenvalue weighted by molar-refractivity contribution is -0.0118. The summed E-state index contributed by atoms with van der Waals surface area (Å²) < 4.78 is 19.2. The van der Waals surface area contributed by atoms with Gasteiger partial charge in [-0.1, -0.05) is 6.92 Å². The van der Waals surface area contributed by atoms with Crippen LogP contribution in [-0.2, 0) is 0 Å². The van der Waals surface area contributed by atoms with Crippen molar-refractivity contribution in [2.24, 2.45) is 5.92 Å². The van der Waals surface area contributed by atoms with E-state index in [0.29, 0.717) is 18.1 Å². The maximum atomic E-state index is 13.2. The summed E-state index contributed by atoms with van der Waals surface area (Å²) >= 11 is 0. The predicted octanol–water partition coefficient (Wildman–Crippen LogP) is 3.20. The summed E-state index contributed by atoms with van der Waals surface area (Å²) in [5, 5.41) is 10.2. The molecule has 92 valence electrons. The molecule has 2 aliphatic rings. The molecule has 0 aromatic heterocycles. The van der Waals surface area contributed by atoms with Crippen molar-refractivity contribution >= 4 is 0 Å². The number of benzene rings is 1. The highest BCUT2D eigenvalue weighted by atomic mass is 19.1. The van der Waals surface area contributed by atoms with Crippen molar-refractivity contribution in [1.29, 1.82) is 0 Å². The minimum atomic E-state index is -0.523. The highest BCUT2D eigenvalue weighted by molar-refractivity contribution is 5.38. The average Bonchev–Trinajstić information content (AvgIpc) is 2.58. The maximum absolute atomic E-state index is 13.2. The maximum Gasteiger partial charge on any atom is 0.128 e. The van der Waals surface area contributed by atoms with Crippen molar-refractivity contribution in [3.8, 4) is 5.75 Å². The molecule has 0 amide bonds. The molecule has 3 heteroatoms. The van der Waals surface area contributed by atoms with Gasteiger partial charge in [0.25, 0.3) is 0 Å². The van der Waals surface area contributed by atoms with Crippen LogP contribution in [0.2, 0.25) is 0 Å². The number of hydrogen-bond donors (Lipinski definition) is 1. The summed E-state index contributed by atoms with van der Waals surface area (Å²) in [6.07, 6.45) is 3.15. The molecule has 3 rings (SSSR count). The van der Waals surface area contributed by atoms with Crippen LogP contribution in [0, 0.1) is 11.7 Å². The van der Waals surface area contributed by atoms with E-state index in [1.165, 1.54) is 12.1 Å². The Morgan fingerprint density at radius 1 is 1.41 bits per heavy atom. The van der Waals surface area contributed by atoms with Crippen LogP contribution in [0.4, 0.5) is 4.39 Å². The van der Waals surface area contributed by atoms with Crippen molar-refractivity contribution < 1.29 is 14.2 Å². The van der Waals surface area contributed by atoms with Gasteiger partial charge in [-0.2, -0.15) is 0 Å². The number of ether oxygens (including phenoxy) is 1. The average molecular weight is 236 g/mol. The first-order valence-corrected chi connectivity index (χ1v) is 6.24. The van der Waals surface area contributed by atoms with E-state index < -0.39 is 6.10 Å². The van der Waals surface area contributed by atoms with E-state index in [1.54, 1.807) is 6.07 Å².